The summed E-state index contributed by atoms with van der Waals surface area (Å²) < 4.78 is 37.9. The van der Waals surface area contributed by atoms with Gasteiger partial charge in [-0.2, -0.15) is 13.2 Å². The van der Waals surface area contributed by atoms with Crippen LogP contribution >= 0.6 is 11.8 Å². The van der Waals surface area contributed by atoms with Crippen LogP contribution in [0.25, 0.3) is 0 Å². The molecule has 0 fully saturated rings. The van der Waals surface area contributed by atoms with Crippen molar-refractivity contribution in [1.82, 2.24) is 0 Å². The van der Waals surface area contributed by atoms with Crippen LogP contribution in [0.15, 0.2) is 48.5 Å². The fourth-order valence-electron chi connectivity index (χ4n) is 2.13. The third-order valence-corrected chi connectivity index (χ3v) is 4.17. The van der Waals surface area contributed by atoms with Gasteiger partial charge in [0, 0.05) is 11.4 Å². The molecule has 2 N–H and O–H groups in total. The molecule has 26 heavy (non-hydrogen) atoms. The van der Waals surface area contributed by atoms with Crippen LogP contribution < -0.4 is 10.6 Å². The van der Waals surface area contributed by atoms with Gasteiger partial charge in [-0.3, -0.25) is 9.59 Å². The smallest absolute Gasteiger partial charge is 0.325 e. The van der Waals surface area contributed by atoms with E-state index in [0.717, 1.165) is 29.5 Å². The first-order chi connectivity index (χ1) is 12.2. The summed E-state index contributed by atoms with van der Waals surface area (Å²) in [5.41, 5.74) is 0.912. The summed E-state index contributed by atoms with van der Waals surface area (Å²) in [6.07, 6.45) is -4.47. The van der Waals surface area contributed by atoms with E-state index in [4.69, 9.17) is 0 Å². The normalized spacial score (nSPS) is 11.1. The average Bonchev–Trinajstić information content (AvgIpc) is 2.54. The molecule has 0 aromatic heterocycles. The lowest BCUT2D eigenvalue weighted by Crippen LogP contribution is -2.18. The lowest BCUT2D eigenvalue weighted by atomic mass is 10.2. The molecule has 138 valence electrons. The Bertz CT molecular complexity index is 794. The van der Waals surface area contributed by atoms with Crippen LogP contribution in [0.4, 0.5) is 24.5 Å². The summed E-state index contributed by atoms with van der Waals surface area (Å²) in [7, 11) is 0. The van der Waals surface area contributed by atoms with E-state index in [-0.39, 0.29) is 23.1 Å². The molecule has 0 bridgehead atoms. The number of amides is 2. The molecule has 0 saturated carbocycles. The van der Waals surface area contributed by atoms with Gasteiger partial charge in [0.15, 0.2) is 0 Å². The largest absolute Gasteiger partial charge is 0.416 e. The number of nitrogens with one attached hydrogen (secondary N) is 2. The van der Waals surface area contributed by atoms with E-state index in [2.05, 4.69) is 10.6 Å². The molecule has 2 amide bonds. The number of aryl methyl sites for hydroxylation is 1. The number of alkyl halides is 3. The first kappa shape index (κ1) is 19.8. The van der Waals surface area contributed by atoms with Gasteiger partial charge in [-0.15, -0.1) is 11.8 Å². The van der Waals surface area contributed by atoms with Crippen molar-refractivity contribution >= 4 is 35.0 Å². The van der Waals surface area contributed by atoms with Gasteiger partial charge in [-0.25, -0.2) is 0 Å². The number of carbonyl (C=O) groups is 2. The number of carbonyl (C=O) groups excluding carboxylic acids is 2. The van der Waals surface area contributed by atoms with Crippen LogP contribution in [0.1, 0.15) is 11.1 Å². The zero-order valence-electron chi connectivity index (χ0n) is 13.9. The molecule has 0 spiro atoms. The van der Waals surface area contributed by atoms with Gasteiger partial charge < -0.3 is 10.6 Å². The van der Waals surface area contributed by atoms with Crippen molar-refractivity contribution in [2.75, 3.05) is 22.1 Å². The van der Waals surface area contributed by atoms with Crippen LogP contribution in [0.5, 0.6) is 0 Å². The molecule has 0 atom stereocenters. The number of rotatable bonds is 6. The number of benzene rings is 2. The van der Waals surface area contributed by atoms with Crippen LogP contribution in [-0.2, 0) is 15.8 Å². The van der Waals surface area contributed by atoms with E-state index in [9.17, 15) is 22.8 Å². The van der Waals surface area contributed by atoms with Gasteiger partial charge >= 0.3 is 6.18 Å². The van der Waals surface area contributed by atoms with Gasteiger partial charge in [0.05, 0.1) is 17.1 Å². The molecule has 0 radical (unpaired) electrons. The molecule has 4 nitrogen and oxygen atoms in total. The van der Waals surface area contributed by atoms with Crippen LogP contribution in [-0.4, -0.2) is 23.3 Å². The number of hydrogen-bond donors (Lipinski definition) is 2. The highest BCUT2D eigenvalue weighted by Crippen LogP contribution is 2.30. The Morgan fingerprint density at radius 3 is 2.00 bits per heavy atom. The second-order valence-electron chi connectivity index (χ2n) is 5.54. The maximum Gasteiger partial charge on any atom is 0.416 e. The monoisotopic (exact) mass is 382 g/mol. The standard InChI is InChI=1S/C18H17F3N2O2S/c1-12-4-2-6-14(8-12)22-16(24)10-26-11-17(25)23-15-7-3-5-13(9-15)18(19,20)21/h2-9H,10-11H2,1H3,(H,22,24)(H,23,25). The maximum atomic E-state index is 12.6. The molecule has 2 aromatic rings. The Morgan fingerprint density at radius 1 is 0.923 bits per heavy atom. The highest BCUT2D eigenvalue weighted by Gasteiger charge is 2.30. The summed E-state index contributed by atoms with van der Waals surface area (Å²) in [6.45, 7) is 1.91. The Balaban J connectivity index is 1.78. The topological polar surface area (TPSA) is 58.2 Å². The van der Waals surface area contributed by atoms with E-state index in [1.54, 1.807) is 6.07 Å². The average molecular weight is 382 g/mol. The van der Waals surface area contributed by atoms with Gasteiger partial charge in [0.1, 0.15) is 0 Å². The van der Waals surface area contributed by atoms with E-state index >= 15 is 0 Å². The molecular weight excluding hydrogens is 365 g/mol. The Labute approximate surface area is 153 Å². The molecule has 0 aliphatic rings. The summed E-state index contributed by atoms with van der Waals surface area (Å²) in [4.78, 5) is 23.6. The van der Waals surface area contributed by atoms with Crippen molar-refractivity contribution in [1.29, 1.82) is 0 Å². The Kier molecular flexibility index (Phi) is 6.68. The molecule has 8 heteroatoms. The van der Waals surface area contributed by atoms with E-state index in [0.29, 0.717) is 5.69 Å². The lowest BCUT2D eigenvalue weighted by molar-refractivity contribution is -0.137. The van der Waals surface area contributed by atoms with Crippen molar-refractivity contribution in [3.05, 3.63) is 59.7 Å². The van der Waals surface area contributed by atoms with E-state index in [1.807, 2.05) is 25.1 Å². The number of thioether (sulfide) groups is 1. The minimum Gasteiger partial charge on any atom is -0.325 e. The molecule has 0 aliphatic heterocycles. The highest BCUT2D eigenvalue weighted by molar-refractivity contribution is 8.00. The molecule has 0 heterocycles. The van der Waals surface area contributed by atoms with E-state index in [1.165, 1.54) is 12.1 Å². The fraction of sp³-hybridized carbons (Fsp3) is 0.222. The predicted octanol–water partition coefficient (Wildman–Crippen LogP) is 4.32. The van der Waals surface area contributed by atoms with Crippen molar-refractivity contribution in [3.8, 4) is 0 Å². The van der Waals surface area contributed by atoms with Crippen molar-refractivity contribution in [3.63, 3.8) is 0 Å². The SMILES string of the molecule is Cc1cccc(NC(=O)CSCC(=O)Nc2cccc(C(F)(F)F)c2)c1. The Morgan fingerprint density at radius 2 is 1.46 bits per heavy atom. The van der Waals surface area contributed by atoms with Gasteiger partial charge in [0.2, 0.25) is 11.8 Å². The van der Waals surface area contributed by atoms with Crippen molar-refractivity contribution < 1.29 is 22.8 Å². The zero-order chi connectivity index (χ0) is 19.2. The fourth-order valence-corrected chi connectivity index (χ4v) is 2.74. The summed E-state index contributed by atoms with van der Waals surface area (Å²) in [5.74, 6) is -0.716. The summed E-state index contributed by atoms with van der Waals surface area (Å²) in [5, 5.41) is 5.11. The molecule has 2 rings (SSSR count). The third kappa shape index (κ3) is 6.44. The molecular formula is C18H17F3N2O2S. The second kappa shape index (κ2) is 8.75. The number of halogens is 3. The zero-order valence-corrected chi connectivity index (χ0v) is 14.7. The molecule has 0 aliphatic carbocycles. The van der Waals surface area contributed by atoms with Crippen LogP contribution in [0, 0.1) is 6.92 Å². The molecule has 0 unspecified atom stereocenters. The minimum absolute atomic E-state index is 0.0442. The molecule has 0 saturated heterocycles. The quantitative estimate of drug-likeness (QED) is 0.782. The number of hydrogen-bond acceptors (Lipinski definition) is 3. The molecule has 2 aromatic carbocycles. The van der Waals surface area contributed by atoms with Gasteiger partial charge in [-0.1, -0.05) is 18.2 Å². The summed E-state index contributed by atoms with van der Waals surface area (Å²) >= 11 is 1.08. The van der Waals surface area contributed by atoms with Gasteiger partial charge in [0.25, 0.3) is 0 Å². The Hall–Kier alpha value is -2.48. The van der Waals surface area contributed by atoms with Crippen LogP contribution in [0.2, 0.25) is 0 Å². The van der Waals surface area contributed by atoms with E-state index < -0.39 is 17.6 Å². The van der Waals surface area contributed by atoms with Crippen molar-refractivity contribution in [2.24, 2.45) is 0 Å². The first-order valence-electron chi connectivity index (χ1n) is 7.65. The first-order valence-corrected chi connectivity index (χ1v) is 8.81. The van der Waals surface area contributed by atoms with Crippen molar-refractivity contribution in [2.45, 2.75) is 13.1 Å². The third-order valence-electron chi connectivity index (χ3n) is 3.24. The maximum absolute atomic E-state index is 12.6. The minimum atomic E-state index is -4.47. The summed E-state index contributed by atoms with van der Waals surface area (Å²) in [6, 6.07) is 11.7. The lowest BCUT2D eigenvalue weighted by Gasteiger charge is -2.10. The predicted molar refractivity (Wildman–Crippen MR) is 97.2 cm³/mol. The number of anilines is 2. The van der Waals surface area contributed by atoms with Crippen LogP contribution in [0.3, 0.4) is 0 Å². The highest BCUT2D eigenvalue weighted by atomic mass is 32.2. The van der Waals surface area contributed by atoms with Gasteiger partial charge in [-0.05, 0) is 42.8 Å². The second-order valence-corrected chi connectivity index (χ2v) is 6.52.